The molecule has 1 aromatic carbocycles. The number of amides is 1. The number of nitrogens with zero attached hydrogens (tertiary/aromatic N) is 4. The van der Waals surface area contributed by atoms with Crippen LogP contribution in [0.1, 0.15) is 12.2 Å². The lowest BCUT2D eigenvalue weighted by atomic mass is 10.3. The van der Waals surface area contributed by atoms with Crippen molar-refractivity contribution < 1.29 is 13.2 Å². The van der Waals surface area contributed by atoms with Gasteiger partial charge in [0.2, 0.25) is 5.91 Å². The third kappa shape index (κ3) is 4.63. The van der Waals surface area contributed by atoms with Gasteiger partial charge in [0, 0.05) is 12.7 Å². The third-order valence-electron chi connectivity index (χ3n) is 2.68. The molecule has 1 aromatic heterocycles. The maximum Gasteiger partial charge on any atom is 0.221 e. The fraction of sp³-hybridized carbons (Fsp3) is 0.333. The van der Waals surface area contributed by atoms with E-state index in [-0.39, 0.29) is 24.6 Å². The minimum Gasteiger partial charge on any atom is -0.349 e. The van der Waals surface area contributed by atoms with Crippen molar-refractivity contribution in [2.75, 3.05) is 12.0 Å². The van der Waals surface area contributed by atoms with E-state index in [4.69, 9.17) is 0 Å². The first-order chi connectivity index (χ1) is 9.96. The van der Waals surface area contributed by atoms with Gasteiger partial charge in [-0.1, -0.05) is 18.2 Å². The van der Waals surface area contributed by atoms with Crippen LogP contribution in [0.3, 0.4) is 0 Å². The van der Waals surface area contributed by atoms with Gasteiger partial charge in [0.25, 0.3) is 0 Å². The summed E-state index contributed by atoms with van der Waals surface area (Å²) in [5, 5.41) is 13.9. The second-order valence-corrected chi connectivity index (χ2v) is 6.76. The fourth-order valence-electron chi connectivity index (χ4n) is 1.63. The minimum atomic E-state index is -3.15. The molecule has 112 valence electrons. The molecule has 0 saturated heterocycles. The van der Waals surface area contributed by atoms with Crippen LogP contribution in [0.4, 0.5) is 0 Å². The number of sulfone groups is 1. The number of nitrogens with one attached hydrogen (secondary N) is 1. The largest absolute Gasteiger partial charge is 0.349 e. The Labute approximate surface area is 122 Å². The molecule has 0 saturated carbocycles. The van der Waals surface area contributed by atoms with Crippen LogP contribution in [0.15, 0.2) is 30.3 Å². The smallest absolute Gasteiger partial charge is 0.221 e. The zero-order valence-electron chi connectivity index (χ0n) is 11.4. The van der Waals surface area contributed by atoms with Crippen molar-refractivity contribution in [2.24, 2.45) is 0 Å². The first-order valence-electron chi connectivity index (χ1n) is 6.23. The maximum atomic E-state index is 11.6. The molecule has 0 aliphatic rings. The third-order valence-corrected chi connectivity index (χ3v) is 3.62. The van der Waals surface area contributed by atoms with E-state index >= 15 is 0 Å². The summed E-state index contributed by atoms with van der Waals surface area (Å²) in [7, 11) is -3.15. The summed E-state index contributed by atoms with van der Waals surface area (Å²) in [5.74, 6) is -0.0698. The van der Waals surface area contributed by atoms with Gasteiger partial charge >= 0.3 is 0 Å². The predicted molar refractivity (Wildman–Crippen MR) is 75.3 cm³/mol. The number of tetrazole rings is 1. The van der Waals surface area contributed by atoms with Crippen LogP contribution < -0.4 is 5.32 Å². The number of carbonyl (C=O) groups is 1. The lowest BCUT2D eigenvalue weighted by Gasteiger charge is -2.06. The summed E-state index contributed by atoms with van der Waals surface area (Å²) in [6.45, 7) is 0.129. The number of hydrogen-bond acceptors (Lipinski definition) is 6. The van der Waals surface area contributed by atoms with Gasteiger partial charge in [-0.05, 0) is 22.6 Å². The molecule has 0 fully saturated rings. The Morgan fingerprint density at radius 1 is 1.29 bits per heavy atom. The fourth-order valence-corrected chi connectivity index (χ4v) is 2.19. The number of hydrogen-bond donors (Lipinski definition) is 1. The topological polar surface area (TPSA) is 107 Å². The monoisotopic (exact) mass is 309 g/mol. The average molecular weight is 309 g/mol. The molecule has 0 radical (unpaired) electrons. The van der Waals surface area contributed by atoms with Crippen molar-refractivity contribution >= 4 is 15.7 Å². The first kappa shape index (κ1) is 15.1. The molecule has 0 unspecified atom stereocenters. The zero-order valence-corrected chi connectivity index (χ0v) is 12.2. The lowest BCUT2D eigenvalue weighted by molar-refractivity contribution is -0.120. The number of aromatic nitrogens is 4. The zero-order chi connectivity index (χ0) is 15.3. The molecular weight excluding hydrogens is 294 g/mol. The molecule has 1 N–H and O–H groups in total. The Hall–Kier alpha value is -2.29. The molecule has 0 atom stereocenters. The van der Waals surface area contributed by atoms with E-state index < -0.39 is 9.84 Å². The van der Waals surface area contributed by atoms with Gasteiger partial charge < -0.3 is 5.32 Å². The highest BCUT2D eigenvalue weighted by molar-refractivity contribution is 7.90. The van der Waals surface area contributed by atoms with E-state index in [9.17, 15) is 13.2 Å². The standard InChI is InChI=1S/C12H15N5O3S/c1-21(19,20)8-7-12(18)13-9-11-14-15-16-17(11)10-5-3-2-4-6-10/h2-6H,7-9H2,1H3,(H,13,18). The van der Waals surface area contributed by atoms with E-state index in [1.807, 2.05) is 30.3 Å². The van der Waals surface area contributed by atoms with E-state index in [1.54, 1.807) is 0 Å². The van der Waals surface area contributed by atoms with Crippen LogP contribution >= 0.6 is 0 Å². The summed E-state index contributed by atoms with van der Waals surface area (Å²) in [5.41, 5.74) is 0.780. The number of carbonyl (C=O) groups excluding carboxylic acids is 1. The average Bonchev–Trinajstić information content (AvgIpc) is 2.91. The van der Waals surface area contributed by atoms with Crippen molar-refractivity contribution in [1.82, 2.24) is 25.5 Å². The van der Waals surface area contributed by atoms with Crippen LogP contribution in [-0.2, 0) is 21.2 Å². The van der Waals surface area contributed by atoms with Gasteiger partial charge in [-0.25, -0.2) is 8.42 Å². The Morgan fingerprint density at radius 2 is 2.00 bits per heavy atom. The van der Waals surface area contributed by atoms with Crippen LogP contribution in [0, 0.1) is 0 Å². The van der Waals surface area contributed by atoms with Crippen molar-refractivity contribution in [3.63, 3.8) is 0 Å². The quantitative estimate of drug-likeness (QED) is 0.786. The van der Waals surface area contributed by atoms with Crippen LogP contribution in [-0.4, -0.2) is 46.5 Å². The highest BCUT2D eigenvalue weighted by Gasteiger charge is 2.11. The predicted octanol–water partition coefficient (Wildman–Crippen LogP) is -0.287. The Balaban J connectivity index is 1.96. The molecule has 0 aliphatic heterocycles. The molecule has 0 bridgehead atoms. The normalized spacial score (nSPS) is 11.3. The summed E-state index contributed by atoms with van der Waals surface area (Å²) >= 11 is 0. The van der Waals surface area contributed by atoms with E-state index in [1.165, 1.54) is 4.68 Å². The lowest BCUT2D eigenvalue weighted by Crippen LogP contribution is -2.26. The maximum absolute atomic E-state index is 11.6. The van der Waals surface area contributed by atoms with Gasteiger partial charge in [0.05, 0.1) is 18.0 Å². The Morgan fingerprint density at radius 3 is 2.67 bits per heavy atom. The highest BCUT2D eigenvalue weighted by Crippen LogP contribution is 2.06. The first-order valence-corrected chi connectivity index (χ1v) is 8.29. The molecule has 2 rings (SSSR count). The van der Waals surface area contributed by atoms with Crippen molar-refractivity contribution in [2.45, 2.75) is 13.0 Å². The molecule has 21 heavy (non-hydrogen) atoms. The van der Waals surface area contributed by atoms with Gasteiger partial charge in [0.15, 0.2) is 5.82 Å². The molecule has 2 aromatic rings. The van der Waals surface area contributed by atoms with Gasteiger partial charge in [0.1, 0.15) is 9.84 Å². The van der Waals surface area contributed by atoms with E-state index in [0.29, 0.717) is 5.82 Å². The molecule has 1 amide bonds. The van der Waals surface area contributed by atoms with Crippen molar-refractivity contribution in [3.05, 3.63) is 36.2 Å². The second kappa shape index (κ2) is 6.44. The highest BCUT2D eigenvalue weighted by atomic mass is 32.2. The molecule has 9 heteroatoms. The summed E-state index contributed by atoms with van der Waals surface area (Å²) < 4.78 is 23.5. The van der Waals surface area contributed by atoms with Crippen molar-refractivity contribution in [1.29, 1.82) is 0 Å². The molecule has 1 heterocycles. The molecule has 0 spiro atoms. The number of rotatable bonds is 6. The Bertz CT molecular complexity index is 712. The second-order valence-electron chi connectivity index (χ2n) is 4.50. The molecule has 8 nitrogen and oxygen atoms in total. The van der Waals surface area contributed by atoms with Gasteiger partial charge in [-0.3, -0.25) is 4.79 Å². The molecule has 0 aliphatic carbocycles. The van der Waals surface area contributed by atoms with Gasteiger partial charge in [-0.2, -0.15) is 4.68 Å². The number of benzene rings is 1. The van der Waals surface area contributed by atoms with Crippen molar-refractivity contribution in [3.8, 4) is 5.69 Å². The van der Waals surface area contributed by atoms with Crippen LogP contribution in [0.5, 0.6) is 0 Å². The molecular formula is C12H15N5O3S. The summed E-state index contributed by atoms with van der Waals surface area (Å²) in [6, 6.07) is 9.26. The van der Waals surface area contributed by atoms with Gasteiger partial charge in [-0.15, -0.1) is 5.10 Å². The minimum absolute atomic E-state index is 0.0776. The summed E-state index contributed by atoms with van der Waals surface area (Å²) in [6.07, 6.45) is 1.02. The Kier molecular flexibility index (Phi) is 4.63. The SMILES string of the molecule is CS(=O)(=O)CCC(=O)NCc1nnnn1-c1ccccc1. The number of para-hydroxylation sites is 1. The van der Waals surface area contributed by atoms with Crippen LogP contribution in [0.25, 0.3) is 5.69 Å². The summed E-state index contributed by atoms with van der Waals surface area (Å²) in [4.78, 5) is 11.6. The van der Waals surface area contributed by atoms with Crippen LogP contribution in [0.2, 0.25) is 0 Å². The van der Waals surface area contributed by atoms with E-state index in [0.717, 1.165) is 11.9 Å². The van der Waals surface area contributed by atoms with E-state index in [2.05, 4.69) is 20.8 Å².